The minimum atomic E-state index is 1.06. The Morgan fingerprint density at radius 2 is 1.75 bits per heavy atom. The minimum absolute atomic E-state index is 1.06. The summed E-state index contributed by atoms with van der Waals surface area (Å²) in [5.74, 6) is 4.47. The standard InChI is InChI=1S/C12H22/c1-3-4-10-6-8-12(10)11-7-5-9(11)2/h9-12H,3-8H2,1-2H3. The third kappa shape index (κ3) is 1.30. The first kappa shape index (κ1) is 8.59. The van der Waals surface area contributed by atoms with Crippen LogP contribution < -0.4 is 0 Å². The minimum Gasteiger partial charge on any atom is -0.0654 e. The second-order valence-electron chi connectivity index (χ2n) is 5.01. The molecular formula is C12H22. The monoisotopic (exact) mass is 166 g/mol. The molecule has 0 aromatic rings. The van der Waals surface area contributed by atoms with Gasteiger partial charge in [0.25, 0.3) is 0 Å². The van der Waals surface area contributed by atoms with E-state index in [-0.39, 0.29) is 0 Å². The lowest BCUT2D eigenvalue weighted by Crippen LogP contribution is -2.40. The molecule has 4 atom stereocenters. The third-order valence-electron chi connectivity index (χ3n) is 4.37. The summed E-state index contributed by atoms with van der Waals surface area (Å²) in [6.07, 6.45) is 9.07. The van der Waals surface area contributed by atoms with Crippen molar-refractivity contribution in [2.45, 2.75) is 52.4 Å². The second-order valence-corrected chi connectivity index (χ2v) is 5.01. The van der Waals surface area contributed by atoms with Gasteiger partial charge in [0.2, 0.25) is 0 Å². The largest absolute Gasteiger partial charge is 0.0654 e. The van der Waals surface area contributed by atoms with Gasteiger partial charge in [-0.2, -0.15) is 0 Å². The van der Waals surface area contributed by atoms with Gasteiger partial charge in [0.05, 0.1) is 0 Å². The predicted octanol–water partition coefficient (Wildman–Crippen LogP) is 3.86. The molecule has 0 heteroatoms. The van der Waals surface area contributed by atoms with E-state index in [4.69, 9.17) is 0 Å². The molecule has 2 aliphatic carbocycles. The summed E-state index contributed by atoms with van der Waals surface area (Å²) in [4.78, 5) is 0. The fraction of sp³-hybridized carbons (Fsp3) is 1.00. The fourth-order valence-corrected chi connectivity index (χ4v) is 3.22. The molecule has 70 valence electrons. The molecule has 2 rings (SSSR count). The van der Waals surface area contributed by atoms with Gasteiger partial charge < -0.3 is 0 Å². The van der Waals surface area contributed by atoms with Gasteiger partial charge in [-0.3, -0.25) is 0 Å². The SMILES string of the molecule is CCCC1CCC1C1CCC1C. The molecular weight excluding hydrogens is 144 g/mol. The molecule has 2 fully saturated rings. The Kier molecular flexibility index (Phi) is 2.43. The molecule has 0 spiro atoms. The van der Waals surface area contributed by atoms with E-state index in [1.54, 1.807) is 19.3 Å². The molecule has 12 heavy (non-hydrogen) atoms. The lowest BCUT2D eigenvalue weighted by molar-refractivity contribution is 0.00919. The average molecular weight is 166 g/mol. The van der Waals surface area contributed by atoms with Gasteiger partial charge >= 0.3 is 0 Å². The van der Waals surface area contributed by atoms with Crippen molar-refractivity contribution >= 4 is 0 Å². The van der Waals surface area contributed by atoms with E-state index in [2.05, 4.69) is 13.8 Å². The molecule has 0 bridgehead atoms. The zero-order chi connectivity index (χ0) is 8.55. The van der Waals surface area contributed by atoms with Crippen LogP contribution in [0.4, 0.5) is 0 Å². The van der Waals surface area contributed by atoms with Crippen molar-refractivity contribution in [3.8, 4) is 0 Å². The van der Waals surface area contributed by atoms with Crippen molar-refractivity contribution < 1.29 is 0 Å². The van der Waals surface area contributed by atoms with Crippen LogP contribution in [0, 0.1) is 23.7 Å². The van der Waals surface area contributed by atoms with Crippen LogP contribution in [0.3, 0.4) is 0 Å². The Morgan fingerprint density at radius 3 is 2.08 bits per heavy atom. The highest BCUT2D eigenvalue weighted by Gasteiger charge is 2.41. The highest BCUT2D eigenvalue weighted by Crippen LogP contribution is 2.51. The summed E-state index contributed by atoms with van der Waals surface area (Å²) >= 11 is 0. The molecule has 0 radical (unpaired) electrons. The molecule has 0 heterocycles. The number of rotatable bonds is 3. The van der Waals surface area contributed by atoms with Gasteiger partial charge in [-0.1, -0.05) is 33.1 Å². The molecule has 0 saturated heterocycles. The molecule has 0 amide bonds. The molecule has 0 aromatic heterocycles. The van der Waals surface area contributed by atoms with Crippen molar-refractivity contribution in [2.75, 3.05) is 0 Å². The summed E-state index contributed by atoms with van der Waals surface area (Å²) in [5.41, 5.74) is 0. The highest BCUT2D eigenvalue weighted by molar-refractivity contribution is 4.92. The van der Waals surface area contributed by atoms with E-state index >= 15 is 0 Å². The Bertz CT molecular complexity index is 150. The first-order valence-electron chi connectivity index (χ1n) is 5.83. The smallest absolute Gasteiger partial charge is 0.0355 e. The lowest BCUT2D eigenvalue weighted by atomic mass is 9.56. The number of hydrogen-bond donors (Lipinski definition) is 0. The second kappa shape index (κ2) is 3.40. The van der Waals surface area contributed by atoms with Crippen LogP contribution in [0.15, 0.2) is 0 Å². The Hall–Kier alpha value is 0. The predicted molar refractivity (Wildman–Crippen MR) is 53.0 cm³/mol. The maximum absolute atomic E-state index is 2.45. The molecule has 4 unspecified atom stereocenters. The van der Waals surface area contributed by atoms with Crippen LogP contribution in [0.1, 0.15) is 52.4 Å². The van der Waals surface area contributed by atoms with Crippen LogP contribution in [0.25, 0.3) is 0 Å². The Balaban J connectivity index is 1.80. The normalized spacial score (nSPS) is 46.5. The topological polar surface area (TPSA) is 0 Å². The van der Waals surface area contributed by atoms with Crippen molar-refractivity contribution in [1.82, 2.24) is 0 Å². The third-order valence-corrected chi connectivity index (χ3v) is 4.37. The van der Waals surface area contributed by atoms with Crippen molar-refractivity contribution in [1.29, 1.82) is 0 Å². The summed E-state index contributed by atoms with van der Waals surface area (Å²) in [6, 6.07) is 0. The van der Waals surface area contributed by atoms with Gasteiger partial charge in [0.15, 0.2) is 0 Å². The highest BCUT2D eigenvalue weighted by atomic mass is 14.5. The van der Waals surface area contributed by atoms with Gasteiger partial charge in [-0.25, -0.2) is 0 Å². The maximum atomic E-state index is 2.45. The van der Waals surface area contributed by atoms with Gasteiger partial charge in [0.1, 0.15) is 0 Å². The Labute approximate surface area is 76.7 Å². The van der Waals surface area contributed by atoms with Crippen LogP contribution in [0.5, 0.6) is 0 Å². The summed E-state index contributed by atoms with van der Waals surface area (Å²) in [5, 5.41) is 0. The molecule has 0 nitrogen and oxygen atoms in total. The van der Waals surface area contributed by atoms with E-state index in [1.807, 2.05) is 0 Å². The summed E-state index contributed by atoms with van der Waals surface area (Å²) in [6.45, 7) is 4.79. The lowest BCUT2D eigenvalue weighted by Gasteiger charge is -2.49. The average Bonchev–Trinajstić information content (AvgIpc) is 2.05. The van der Waals surface area contributed by atoms with Crippen LogP contribution in [0.2, 0.25) is 0 Å². The first-order chi connectivity index (χ1) is 5.83. The quantitative estimate of drug-likeness (QED) is 0.597. The number of hydrogen-bond acceptors (Lipinski definition) is 0. The molecule has 0 N–H and O–H groups in total. The summed E-state index contributed by atoms with van der Waals surface area (Å²) in [7, 11) is 0. The van der Waals surface area contributed by atoms with E-state index < -0.39 is 0 Å². The molecule has 2 saturated carbocycles. The zero-order valence-electron chi connectivity index (χ0n) is 8.55. The van der Waals surface area contributed by atoms with Crippen LogP contribution in [-0.4, -0.2) is 0 Å². The van der Waals surface area contributed by atoms with E-state index in [9.17, 15) is 0 Å². The summed E-state index contributed by atoms with van der Waals surface area (Å²) < 4.78 is 0. The molecule has 0 aliphatic heterocycles. The first-order valence-corrected chi connectivity index (χ1v) is 5.83. The molecule has 0 aromatic carbocycles. The van der Waals surface area contributed by atoms with E-state index in [0.717, 1.165) is 23.7 Å². The van der Waals surface area contributed by atoms with Crippen LogP contribution in [-0.2, 0) is 0 Å². The molecule has 2 aliphatic rings. The fourth-order valence-electron chi connectivity index (χ4n) is 3.22. The van der Waals surface area contributed by atoms with Gasteiger partial charge in [-0.15, -0.1) is 0 Å². The van der Waals surface area contributed by atoms with E-state index in [0.29, 0.717) is 0 Å². The van der Waals surface area contributed by atoms with Crippen molar-refractivity contribution in [3.63, 3.8) is 0 Å². The van der Waals surface area contributed by atoms with Gasteiger partial charge in [0, 0.05) is 0 Å². The van der Waals surface area contributed by atoms with Crippen LogP contribution >= 0.6 is 0 Å². The van der Waals surface area contributed by atoms with Gasteiger partial charge in [-0.05, 0) is 42.9 Å². The maximum Gasteiger partial charge on any atom is -0.0355 e. The zero-order valence-corrected chi connectivity index (χ0v) is 8.55. The van der Waals surface area contributed by atoms with E-state index in [1.165, 1.54) is 19.3 Å². The van der Waals surface area contributed by atoms with Crippen molar-refractivity contribution in [2.24, 2.45) is 23.7 Å². The Morgan fingerprint density at radius 1 is 1.00 bits per heavy atom. The van der Waals surface area contributed by atoms with Crippen molar-refractivity contribution in [3.05, 3.63) is 0 Å².